The number of benzene rings is 2. The van der Waals surface area contributed by atoms with E-state index in [-0.39, 0.29) is 12.5 Å². The number of rotatable bonds is 3. The summed E-state index contributed by atoms with van der Waals surface area (Å²) in [5.41, 5.74) is 6.37. The van der Waals surface area contributed by atoms with Crippen molar-refractivity contribution in [2.75, 3.05) is 18.4 Å². The molecule has 2 aromatic carbocycles. The van der Waals surface area contributed by atoms with E-state index in [9.17, 15) is 4.79 Å². The van der Waals surface area contributed by atoms with Gasteiger partial charge in [-0.15, -0.1) is 0 Å². The number of amides is 1. The molecule has 1 aromatic heterocycles. The Morgan fingerprint density at radius 2 is 1.93 bits per heavy atom. The molecule has 2 N–H and O–H groups in total. The summed E-state index contributed by atoms with van der Waals surface area (Å²) in [7, 11) is 0. The third-order valence-corrected chi connectivity index (χ3v) is 6.40. The fourth-order valence-corrected chi connectivity index (χ4v) is 4.42. The molecule has 0 saturated carbocycles. The highest BCUT2D eigenvalue weighted by molar-refractivity contribution is 6.45. The zero-order valence-corrected chi connectivity index (χ0v) is 17.5. The minimum atomic E-state index is -0.0679. The van der Waals surface area contributed by atoms with E-state index in [0.29, 0.717) is 10.0 Å². The van der Waals surface area contributed by atoms with Gasteiger partial charge in [-0.2, -0.15) is 0 Å². The van der Waals surface area contributed by atoms with Crippen molar-refractivity contribution in [3.8, 4) is 0 Å². The molecule has 3 aromatic rings. The number of carbonyl (C=O) groups is 1. The fraction of sp³-hybridized carbons (Fsp3) is 0.318. The molecular weight excluding hydrogens is 393 g/mol. The molecule has 0 aliphatic carbocycles. The third-order valence-electron chi connectivity index (χ3n) is 5.61. The standard InChI is InChI=1S/C22H23Cl2N3O/c1-13-4-3-5-18(14(13)2)26-20(28)12-27-19-9-11-25-10-8-15(19)16-6-7-17(23)21(24)22(16)27/h3-7,25H,8-12H2,1-2H3,(H,26,28). The molecule has 0 atom stereocenters. The molecule has 1 aliphatic rings. The number of fused-ring (bicyclic) bond motifs is 3. The summed E-state index contributed by atoms with van der Waals surface area (Å²) in [6.45, 7) is 6.07. The highest BCUT2D eigenvalue weighted by Gasteiger charge is 2.23. The first kappa shape index (κ1) is 19.3. The molecule has 1 aliphatic heterocycles. The zero-order valence-electron chi connectivity index (χ0n) is 16.0. The molecule has 0 saturated heterocycles. The molecule has 0 unspecified atom stereocenters. The van der Waals surface area contributed by atoms with Crippen molar-refractivity contribution >= 4 is 45.7 Å². The monoisotopic (exact) mass is 415 g/mol. The van der Waals surface area contributed by atoms with Crippen LogP contribution in [0.4, 0.5) is 5.69 Å². The van der Waals surface area contributed by atoms with Gasteiger partial charge in [-0.25, -0.2) is 0 Å². The highest BCUT2D eigenvalue weighted by Crippen LogP contribution is 2.37. The Balaban J connectivity index is 1.75. The number of hydrogen-bond acceptors (Lipinski definition) is 2. The SMILES string of the molecule is Cc1cccc(NC(=O)Cn2c3c(c4ccc(Cl)c(Cl)c42)CCNCC3)c1C. The lowest BCUT2D eigenvalue weighted by Gasteiger charge is -2.14. The van der Waals surface area contributed by atoms with Gasteiger partial charge in [0.15, 0.2) is 0 Å². The molecule has 4 rings (SSSR count). The van der Waals surface area contributed by atoms with Gasteiger partial charge in [0.2, 0.25) is 5.91 Å². The summed E-state index contributed by atoms with van der Waals surface area (Å²) in [4.78, 5) is 12.9. The lowest BCUT2D eigenvalue weighted by atomic mass is 10.1. The van der Waals surface area contributed by atoms with Crippen molar-refractivity contribution in [1.82, 2.24) is 9.88 Å². The number of nitrogens with one attached hydrogen (secondary N) is 2. The van der Waals surface area contributed by atoms with E-state index in [1.54, 1.807) is 0 Å². The predicted octanol–water partition coefficient (Wildman–Crippen LogP) is 4.89. The maximum Gasteiger partial charge on any atom is 0.244 e. The van der Waals surface area contributed by atoms with Crippen LogP contribution in [0.5, 0.6) is 0 Å². The molecule has 0 radical (unpaired) electrons. The van der Waals surface area contributed by atoms with Crippen LogP contribution in [0.15, 0.2) is 30.3 Å². The Kier molecular flexibility index (Phi) is 5.37. The summed E-state index contributed by atoms with van der Waals surface area (Å²) in [6.07, 6.45) is 1.77. The van der Waals surface area contributed by atoms with E-state index in [2.05, 4.69) is 10.6 Å². The fourth-order valence-electron chi connectivity index (χ4n) is 4.00. The molecule has 146 valence electrons. The molecule has 4 nitrogen and oxygen atoms in total. The van der Waals surface area contributed by atoms with E-state index < -0.39 is 0 Å². The minimum absolute atomic E-state index is 0.0679. The molecule has 6 heteroatoms. The van der Waals surface area contributed by atoms with Crippen LogP contribution in [0.1, 0.15) is 22.4 Å². The van der Waals surface area contributed by atoms with E-state index >= 15 is 0 Å². The maximum atomic E-state index is 12.9. The van der Waals surface area contributed by atoms with Gasteiger partial charge in [0.05, 0.1) is 15.6 Å². The first-order chi connectivity index (χ1) is 13.5. The topological polar surface area (TPSA) is 46.1 Å². The van der Waals surface area contributed by atoms with Gasteiger partial charge < -0.3 is 15.2 Å². The summed E-state index contributed by atoms with van der Waals surface area (Å²) < 4.78 is 2.05. The van der Waals surface area contributed by atoms with Crippen molar-refractivity contribution in [2.45, 2.75) is 33.2 Å². The molecular formula is C22H23Cl2N3O. The predicted molar refractivity (Wildman–Crippen MR) is 117 cm³/mol. The number of hydrogen-bond donors (Lipinski definition) is 2. The van der Waals surface area contributed by atoms with Crippen LogP contribution in [-0.2, 0) is 24.2 Å². The summed E-state index contributed by atoms with van der Waals surface area (Å²) in [6, 6.07) is 9.79. The van der Waals surface area contributed by atoms with E-state index in [4.69, 9.17) is 23.2 Å². The van der Waals surface area contributed by atoms with Crippen molar-refractivity contribution in [3.05, 3.63) is 62.8 Å². The van der Waals surface area contributed by atoms with Gasteiger partial charge >= 0.3 is 0 Å². The van der Waals surface area contributed by atoms with E-state index in [0.717, 1.165) is 53.6 Å². The van der Waals surface area contributed by atoms with Crippen LogP contribution in [0.25, 0.3) is 10.9 Å². The number of anilines is 1. The molecule has 2 heterocycles. The number of aryl methyl sites for hydroxylation is 1. The number of aromatic nitrogens is 1. The van der Waals surface area contributed by atoms with Crippen molar-refractivity contribution in [2.24, 2.45) is 0 Å². The first-order valence-corrected chi connectivity index (χ1v) is 10.3. The van der Waals surface area contributed by atoms with Gasteiger partial charge in [0.1, 0.15) is 6.54 Å². The summed E-state index contributed by atoms with van der Waals surface area (Å²) >= 11 is 12.9. The van der Waals surface area contributed by atoms with Crippen molar-refractivity contribution in [1.29, 1.82) is 0 Å². The Morgan fingerprint density at radius 1 is 1.14 bits per heavy atom. The normalized spacial score (nSPS) is 14.0. The average molecular weight is 416 g/mol. The Labute approximate surface area is 174 Å². The molecule has 0 bridgehead atoms. The van der Waals surface area contributed by atoms with Crippen molar-refractivity contribution in [3.63, 3.8) is 0 Å². The Morgan fingerprint density at radius 3 is 2.75 bits per heavy atom. The number of nitrogens with zero attached hydrogens (tertiary/aromatic N) is 1. The van der Waals surface area contributed by atoms with Gasteiger partial charge in [0, 0.05) is 29.7 Å². The van der Waals surface area contributed by atoms with Crippen molar-refractivity contribution < 1.29 is 4.79 Å². The first-order valence-electron chi connectivity index (χ1n) is 9.52. The van der Waals surface area contributed by atoms with Crippen LogP contribution >= 0.6 is 23.2 Å². The summed E-state index contributed by atoms with van der Waals surface area (Å²) in [5, 5.41) is 8.61. The zero-order chi connectivity index (χ0) is 19.8. The van der Waals surface area contributed by atoms with Gasteiger partial charge in [-0.3, -0.25) is 4.79 Å². The Bertz CT molecular complexity index is 1070. The third kappa shape index (κ3) is 3.41. The van der Waals surface area contributed by atoms with Gasteiger partial charge in [0.25, 0.3) is 0 Å². The van der Waals surface area contributed by atoms with Gasteiger partial charge in [-0.05, 0) is 55.6 Å². The van der Waals surface area contributed by atoms with Crippen LogP contribution in [0, 0.1) is 13.8 Å². The maximum absolute atomic E-state index is 12.9. The minimum Gasteiger partial charge on any atom is -0.334 e. The lowest BCUT2D eigenvalue weighted by Crippen LogP contribution is -2.22. The lowest BCUT2D eigenvalue weighted by molar-refractivity contribution is -0.116. The van der Waals surface area contributed by atoms with E-state index in [1.165, 1.54) is 11.3 Å². The average Bonchev–Trinajstić information content (AvgIpc) is 2.82. The quantitative estimate of drug-likeness (QED) is 0.639. The van der Waals surface area contributed by atoms with Crippen LogP contribution in [0.3, 0.4) is 0 Å². The molecule has 0 fully saturated rings. The molecule has 28 heavy (non-hydrogen) atoms. The van der Waals surface area contributed by atoms with Crippen LogP contribution in [-0.4, -0.2) is 23.6 Å². The van der Waals surface area contributed by atoms with E-state index in [1.807, 2.05) is 48.7 Å². The second-order valence-electron chi connectivity index (χ2n) is 7.31. The van der Waals surface area contributed by atoms with Gasteiger partial charge in [-0.1, -0.05) is 41.4 Å². The molecule has 1 amide bonds. The van der Waals surface area contributed by atoms with Crippen LogP contribution in [0.2, 0.25) is 10.0 Å². The number of carbonyl (C=O) groups excluding carboxylic acids is 1. The Hall–Kier alpha value is -2.01. The largest absolute Gasteiger partial charge is 0.334 e. The highest BCUT2D eigenvalue weighted by atomic mass is 35.5. The number of halogens is 2. The molecule has 0 spiro atoms. The summed E-state index contributed by atoms with van der Waals surface area (Å²) in [5.74, 6) is -0.0679. The van der Waals surface area contributed by atoms with Crippen LogP contribution < -0.4 is 10.6 Å². The smallest absolute Gasteiger partial charge is 0.244 e. The second kappa shape index (κ2) is 7.78. The second-order valence-corrected chi connectivity index (χ2v) is 8.10.